The van der Waals surface area contributed by atoms with E-state index in [1.165, 1.54) is 6.92 Å². The lowest BCUT2D eigenvalue weighted by atomic mass is 10.0. The Bertz CT molecular complexity index is 1040. The molecule has 162 valence electrons. The number of hydrogen-bond acceptors (Lipinski definition) is 7. The van der Waals surface area contributed by atoms with E-state index in [1.807, 2.05) is 18.2 Å². The van der Waals surface area contributed by atoms with Crippen molar-refractivity contribution in [1.82, 2.24) is 4.90 Å². The second-order valence-corrected chi connectivity index (χ2v) is 7.89. The zero-order valence-electron chi connectivity index (χ0n) is 17.3. The molecule has 2 aromatic carbocycles. The third-order valence-corrected chi connectivity index (χ3v) is 5.83. The number of likely N-dealkylation sites (tertiary alicyclic amines) is 1. The Hall–Kier alpha value is -3.26. The van der Waals surface area contributed by atoms with Crippen LogP contribution in [-0.4, -0.2) is 49.7 Å². The molecule has 1 amide bonds. The Kier molecular flexibility index (Phi) is 5.15. The molecule has 2 aromatic rings. The molecule has 31 heavy (non-hydrogen) atoms. The van der Waals surface area contributed by atoms with Crippen LogP contribution in [0.15, 0.2) is 30.3 Å². The van der Waals surface area contributed by atoms with Crippen molar-refractivity contribution in [3.63, 3.8) is 0 Å². The van der Waals surface area contributed by atoms with Crippen LogP contribution in [0.2, 0.25) is 0 Å². The van der Waals surface area contributed by atoms with E-state index in [4.69, 9.17) is 18.9 Å². The quantitative estimate of drug-likeness (QED) is 0.738. The summed E-state index contributed by atoms with van der Waals surface area (Å²) in [5, 5.41) is 2.89. The van der Waals surface area contributed by atoms with E-state index in [9.17, 15) is 9.59 Å². The highest BCUT2D eigenvalue weighted by Crippen LogP contribution is 2.39. The molecule has 0 saturated carbocycles. The molecule has 3 aliphatic rings. The summed E-state index contributed by atoms with van der Waals surface area (Å²) in [5.41, 5.74) is 1.96. The van der Waals surface area contributed by atoms with Gasteiger partial charge in [-0.05, 0) is 50.1 Å². The predicted molar refractivity (Wildman–Crippen MR) is 112 cm³/mol. The number of carbonyl (C=O) groups is 2. The van der Waals surface area contributed by atoms with Crippen molar-refractivity contribution < 1.29 is 28.5 Å². The maximum atomic E-state index is 12.9. The molecule has 0 radical (unpaired) electrons. The van der Waals surface area contributed by atoms with E-state index in [0.717, 1.165) is 36.4 Å². The van der Waals surface area contributed by atoms with E-state index in [0.29, 0.717) is 36.0 Å². The second-order valence-electron chi connectivity index (χ2n) is 7.89. The fourth-order valence-electron chi connectivity index (χ4n) is 4.37. The predicted octanol–water partition coefficient (Wildman–Crippen LogP) is 3.16. The van der Waals surface area contributed by atoms with Gasteiger partial charge in [0, 0.05) is 17.7 Å². The fourth-order valence-corrected chi connectivity index (χ4v) is 4.37. The first-order chi connectivity index (χ1) is 15.1. The van der Waals surface area contributed by atoms with Gasteiger partial charge >= 0.3 is 0 Å². The van der Waals surface area contributed by atoms with Gasteiger partial charge in [-0.1, -0.05) is 6.07 Å². The summed E-state index contributed by atoms with van der Waals surface area (Å²) in [6.45, 7) is 3.73. The highest BCUT2D eigenvalue weighted by atomic mass is 16.7. The zero-order chi connectivity index (χ0) is 21.4. The summed E-state index contributed by atoms with van der Waals surface area (Å²) < 4.78 is 22.1. The van der Waals surface area contributed by atoms with Crippen LogP contribution in [0.5, 0.6) is 23.0 Å². The van der Waals surface area contributed by atoms with Crippen LogP contribution < -0.4 is 24.3 Å². The number of hydrogen-bond donors (Lipinski definition) is 1. The molecule has 8 nitrogen and oxygen atoms in total. The Balaban J connectivity index is 1.31. The summed E-state index contributed by atoms with van der Waals surface area (Å²) in [7, 11) is 0. The molecule has 0 bridgehead atoms. The van der Waals surface area contributed by atoms with Gasteiger partial charge in [-0.3, -0.25) is 14.5 Å². The number of ether oxygens (including phenoxy) is 4. The molecule has 8 heteroatoms. The van der Waals surface area contributed by atoms with Crippen molar-refractivity contribution in [1.29, 1.82) is 0 Å². The second kappa shape index (κ2) is 8.11. The minimum Gasteiger partial charge on any atom is -0.486 e. The van der Waals surface area contributed by atoms with Gasteiger partial charge in [0.05, 0.1) is 12.2 Å². The minimum absolute atomic E-state index is 0.106. The molecule has 1 saturated heterocycles. The van der Waals surface area contributed by atoms with Crippen molar-refractivity contribution in [2.75, 3.05) is 38.4 Å². The molecule has 5 rings (SSSR count). The van der Waals surface area contributed by atoms with Gasteiger partial charge in [0.2, 0.25) is 12.7 Å². The molecule has 3 heterocycles. The van der Waals surface area contributed by atoms with Crippen LogP contribution in [-0.2, 0) is 4.79 Å². The van der Waals surface area contributed by atoms with Crippen LogP contribution in [0.3, 0.4) is 0 Å². The number of benzene rings is 2. The maximum Gasteiger partial charge on any atom is 0.238 e. The number of nitrogens with zero attached hydrogens (tertiary/aromatic N) is 1. The summed E-state index contributed by atoms with van der Waals surface area (Å²) in [4.78, 5) is 27.1. The number of carbonyl (C=O) groups excluding carboxylic acids is 2. The van der Waals surface area contributed by atoms with Gasteiger partial charge in [-0.15, -0.1) is 0 Å². The average molecular weight is 424 g/mol. The summed E-state index contributed by atoms with van der Waals surface area (Å²) in [6.07, 6.45) is 1.98. The third-order valence-electron chi connectivity index (χ3n) is 5.83. The number of anilines is 1. The van der Waals surface area contributed by atoms with Crippen LogP contribution >= 0.6 is 0 Å². The first-order valence-electron chi connectivity index (χ1n) is 10.5. The van der Waals surface area contributed by atoms with Crippen molar-refractivity contribution in [2.24, 2.45) is 0 Å². The van der Waals surface area contributed by atoms with Gasteiger partial charge in [-0.25, -0.2) is 0 Å². The number of Topliss-reactive ketones (excluding diaryl/α,β-unsaturated/α-hetero) is 1. The van der Waals surface area contributed by atoms with Crippen molar-refractivity contribution >= 4 is 17.4 Å². The summed E-state index contributed by atoms with van der Waals surface area (Å²) >= 11 is 0. The van der Waals surface area contributed by atoms with Crippen molar-refractivity contribution in [3.8, 4) is 23.0 Å². The average Bonchev–Trinajstić information content (AvgIpc) is 3.41. The van der Waals surface area contributed by atoms with Gasteiger partial charge in [0.25, 0.3) is 0 Å². The summed E-state index contributed by atoms with van der Waals surface area (Å²) in [5.74, 6) is 2.23. The lowest BCUT2D eigenvalue weighted by molar-refractivity contribution is -0.117. The van der Waals surface area contributed by atoms with Gasteiger partial charge in [0.15, 0.2) is 28.8 Å². The van der Waals surface area contributed by atoms with E-state index >= 15 is 0 Å². The number of amides is 1. The Morgan fingerprint density at radius 3 is 2.55 bits per heavy atom. The molecule has 0 unspecified atom stereocenters. The zero-order valence-corrected chi connectivity index (χ0v) is 17.3. The lowest BCUT2D eigenvalue weighted by Gasteiger charge is -2.26. The molecule has 0 spiro atoms. The molecule has 1 N–H and O–H groups in total. The van der Waals surface area contributed by atoms with E-state index in [2.05, 4.69) is 10.2 Å². The van der Waals surface area contributed by atoms with Crippen LogP contribution in [0, 0.1) is 0 Å². The monoisotopic (exact) mass is 424 g/mol. The number of nitrogens with one attached hydrogen (secondary N) is 1. The van der Waals surface area contributed by atoms with Gasteiger partial charge < -0.3 is 24.3 Å². The SMILES string of the molecule is CC(=O)c1cc2c(cc1NC(=O)CN1CCC[C@H]1c1ccc3c(c1)OCCO3)OCO2. The van der Waals surface area contributed by atoms with Crippen LogP contribution in [0.25, 0.3) is 0 Å². The summed E-state index contributed by atoms with van der Waals surface area (Å²) in [6, 6.07) is 9.39. The number of fused-ring (bicyclic) bond motifs is 2. The highest BCUT2D eigenvalue weighted by Gasteiger charge is 2.29. The third kappa shape index (κ3) is 3.90. The Morgan fingerprint density at radius 2 is 1.74 bits per heavy atom. The van der Waals surface area contributed by atoms with Crippen molar-refractivity contribution in [2.45, 2.75) is 25.8 Å². The van der Waals surface area contributed by atoms with Crippen LogP contribution in [0.4, 0.5) is 5.69 Å². The molecular weight excluding hydrogens is 400 g/mol. The molecule has 0 aliphatic carbocycles. The number of ketones is 1. The van der Waals surface area contributed by atoms with Crippen molar-refractivity contribution in [3.05, 3.63) is 41.5 Å². The van der Waals surface area contributed by atoms with Gasteiger partial charge in [0.1, 0.15) is 13.2 Å². The highest BCUT2D eigenvalue weighted by molar-refractivity contribution is 6.05. The first kappa shape index (κ1) is 19.7. The standard InChI is InChI=1S/C23H24N2O6/c1-14(26)16-10-21-22(31-13-30-21)11-17(16)24-23(27)12-25-6-2-3-18(25)15-4-5-19-20(9-15)29-8-7-28-19/h4-5,9-11,18H,2-3,6-8,12-13H2,1H3,(H,24,27)/t18-/m0/s1. The molecule has 1 atom stereocenters. The molecule has 0 aromatic heterocycles. The van der Waals surface area contributed by atoms with Crippen LogP contribution in [0.1, 0.15) is 41.7 Å². The van der Waals surface area contributed by atoms with E-state index in [-0.39, 0.29) is 31.1 Å². The number of rotatable bonds is 5. The Labute approximate surface area is 180 Å². The largest absolute Gasteiger partial charge is 0.486 e. The Morgan fingerprint density at radius 1 is 1.00 bits per heavy atom. The molecule has 1 fully saturated rings. The van der Waals surface area contributed by atoms with E-state index < -0.39 is 0 Å². The van der Waals surface area contributed by atoms with E-state index in [1.54, 1.807) is 12.1 Å². The van der Waals surface area contributed by atoms with Gasteiger partial charge in [-0.2, -0.15) is 0 Å². The lowest BCUT2D eigenvalue weighted by Crippen LogP contribution is -2.33. The maximum absolute atomic E-state index is 12.9. The molecular formula is C23H24N2O6. The first-order valence-corrected chi connectivity index (χ1v) is 10.5. The fraction of sp³-hybridized carbons (Fsp3) is 0.391. The normalized spacial score (nSPS) is 19.3. The molecule has 3 aliphatic heterocycles. The smallest absolute Gasteiger partial charge is 0.238 e. The minimum atomic E-state index is -0.175. The topological polar surface area (TPSA) is 86.3 Å².